The molecule has 0 spiro atoms. The van der Waals surface area contributed by atoms with Gasteiger partial charge in [-0.25, -0.2) is 4.68 Å². The van der Waals surface area contributed by atoms with Gasteiger partial charge in [-0.05, 0) is 80.2 Å². The quantitative estimate of drug-likeness (QED) is 0.592. The van der Waals surface area contributed by atoms with Crippen LogP contribution in [-0.4, -0.2) is 35.4 Å². The predicted octanol–water partition coefficient (Wildman–Crippen LogP) is 4.27. The zero-order chi connectivity index (χ0) is 21.6. The van der Waals surface area contributed by atoms with Crippen LogP contribution >= 0.6 is 0 Å². The van der Waals surface area contributed by atoms with Crippen molar-refractivity contribution in [3.8, 4) is 11.4 Å². The maximum absolute atomic E-state index is 12.6. The minimum atomic E-state index is -2.87. The largest absolute Gasteiger partial charge is 0.435 e. The molecule has 8 heteroatoms. The highest BCUT2D eigenvalue weighted by Crippen LogP contribution is 2.20. The lowest BCUT2D eigenvalue weighted by atomic mass is 9.92. The number of carbonyl (C=O) groups excluding carboxylic acids is 1. The van der Waals surface area contributed by atoms with Gasteiger partial charge >= 0.3 is 6.61 Å². The molecule has 31 heavy (non-hydrogen) atoms. The SMILES string of the molecule is O=C(Nc1ccc(CC2CCCNC2)cc1)c1cnn(-c2ccc(OC(F)F)cc2)c1. The monoisotopic (exact) mass is 426 g/mol. The van der Waals surface area contributed by atoms with Crippen molar-refractivity contribution in [3.05, 3.63) is 72.1 Å². The summed E-state index contributed by atoms with van der Waals surface area (Å²) in [5, 5.41) is 10.5. The topological polar surface area (TPSA) is 68.2 Å². The number of anilines is 1. The Morgan fingerprint density at radius 2 is 1.97 bits per heavy atom. The molecule has 0 bridgehead atoms. The summed E-state index contributed by atoms with van der Waals surface area (Å²) in [5.41, 5.74) is 3.00. The second kappa shape index (κ2) is 9.70. The molecule has 0 aliphatic carbocycles. The van der Waals surface area contributed by atoms with Gasteiger partial charge < -0.3 is 15.4 Å². The Balaban J connectivity index is 1.35. The summed E-state index contributed by atoms with van der Waals surface area (Å²) in [5.74, 6) is 0.455. The third-order valence-corrected chi connectivity index (χ3v) is 5.31. The maximum atomic E-state index is 12.6. The van der Waals surface area contributed by atoms with E-state index >= 15 is 0 Å². The molecule has 2 aromatic carbocycles. The van der Waals surface area contributed by atoms with E-state index < -0.39 is 6.61 Å². The zero-order valence-electron chi connectivity index (χ0n) is 16.9. The van der Waals surface area contributed by atoms with Gasteiger partial charge in [0.2, 0.25) is 0 Å². The van der Waals surface area contributed by atoms with E-state index in [-0.39, 0.29) is 11.7 Å². The van der Waals surface area contributed by atoms with Crippen LogP contribution in [0.3, 0.4) is 0 Å². The highest BCUT2D eigenvalue weighted by atomic mass is 19.3. The minimum absolute atomic E-state index is 0.0621. The van der Waals surface area contributed by atoms with Gasteiger partial charge in [0.1, 0.15) is 5.75 Å². The molecule has 4 rings (SSSR count). The summed E-state index contributed by atoms with van der Waals surface area (Å²) in [7, 11) is 0. The fourth-order valence-electron chi connectivity index (χ4n) is 3.72. The lowest BCUT2D eigenvalue weighted by Crippen LogP contribution is -2.30. The van der Waals surface area contributed by atoms with Crippen molar-refractivity contribution in [3.63, 3.8) is 0 Å². The summed E-state index contributed by atoms with van der Waals surface area (Å²) in [4.78, 5) is 12.6. The standard InChI is InChI=1S/C23H24F2N4O2/c24-23(25)31-21-9-7-20(8-10-21)29-15-18(14-27-29)22(30)28-19-5-3-16(4-6-19)12-17-2-1-11-26-13-17/h3-10,14-15,17,23,26H,1-2,11-13H2,(H,28,30). The molecule has 1 aliphatic heterocycles. The van der Waals surface area contributed by atoms with Crippen LogP contribution < -0.4 is 15.4 Å². The number of hydrogen-bond acceptors (Lipinski definition) is 4. The lowest BCUT2D eigenvalue weighted by molar-refractivity contribution is -0.0498. The molecule has 1 fully saturated rings. The first-order valence-corrected chi connectivity index (χ1v) is 10.3. The van der Waals surface area contributed by atoms with Gasteiger partial charge in [-0.15, -0.1) is 0 Å². The van der Waals surface area contributed by atoms with E-state index in [0.717, 1.165) is 25.2 Å². The number of aromatic nitrogens is 2. The maximum Gasteiger partial charge on any atom is 0.387 e. The number of rotatable bonds is 7. The van der Waals surface area contributed by atoms with Crippen LogP contribution in [0, 0.1) is 5.92 Å². The molecule has 1 atom stereocenters. The van der Waals surface area contributed by atoms with Crippen LogP contribution in [0.5, 0.6) is 5.75 Å². The van der Waals surface area contributed by atoms with Gasteiger partial charge in [0, 0.05) is 11.9 Å². The Hall–Kier alpha value is -3.26. The van der Waals surface area contributed by atoms with Crippen LogP contribution in [-0.2, 0) is 6.42 Å². The smallest absolute Gasteiger partial charge is 0.387 e. The molecule has 1 aromatic heterocycles. The molecule has 2 heterocycles. The number of ether oxygens (including phenoxy) is 1. The number of benzene rings is 2. The van der Waals surface area contributed by atoms with Crippen molar-refractivity contribution >= 4 is 11.6 Å². The van der Waals surface area contributed by atoms with Crippen molar-refractivity contribution < 1.29 is 18.3 Å². The van der Waals surface area contributed by atoms with Crippen LogP contribution in [0.15, 0.2) is 60.9 Å². The highest BCUT2D eigenvalue weighted by molar-refractivity contribution is 6.04. The number of halogens is 2. The molecule has 0 radical (unpaired) electrons. The zero-order valence-corrected chi connectivity index (χ0v) is 16.9. The van der Waals surface area contributed by atoms with Crippen LogP contribution in [0.4, 0.5) is 14.5 Å². The normalized spacial score (nSPS) is 16.3. The van der Waals surface area contributed by atoms with Crippen molar-refractivity contribution in [1.82, 2.24) is 15.1 Å². The van der Waals surface area contributed by atoms with Crippen LogP contribution in [0.25, 0.3) is 5.69 Å². The van der Waals surface area contributed by atoms with Gasteiger partial charge in [-0.2, -0.15) is 13.9 Å². The van der Waals surface area contributed by atoms with E-state index in [1.807, 2.05) is 12.1 Å². The Morgan fingerprint density at radius 1 is 1.19 bits per heavy atom. The summed E-state index contributed by atoms with van der Waals surface area (Å²) in [6.07, 6.45) is 6.55. The fraction of sp³-hybridized carbons (Fsp3) is 0.304. The molecule has 2 N–H and O–H groups in total. The van der Waals surface area contributed by atoms with Crippen molar-refractivity contribution in [2.75, 3.05) is 18.4 Å². The van der Waals surface area contributed by atoms with Crippen molar-refractivity contribution in [2.45, 2.75) is 25.9 Å². The van der Waals surface area contributed by atoms with E-state index in [1.54, 1.807) is 18.3 Å². The number of nitrogens with zero attached hydrogens (tertiary/aromatic N) is 2. The Kier molecular flexibility index (Phi) is 6.57. The van der Waals surface area contributed by atoms with Crippen LogP contribution in [0.1, 0.15) is 28.8 Å². The number of amides is 1. The molecule has 1 amide bonds. The van der Waals surface area contributed by atoms with Gasteiger partial charge in [0.25, 0.3) is 5.91 Å². The summed E-state index contributed by atoms with van der Waals surface area (Å²) in [6, 6.07) is 14.0. The van der Waals surface area contributed by atoms with E-state index in [4.69, 9.17) is 0 Å². The molecule has 0 saturated carbocycles. The van der Waals surface area contributed by atoms with Crippen molar-refractivity contribution in [2.24, 2.45) is 5.92 Å². The molecular weight excluding hydrogens is 402 g/mol. The van der Waals surface area contributed by atoms with Gasteiger partial charge in [-0.3, -0.25) is 4.79 Å². The number of piperidine rings is 1. The van der Waals surface area contributed by atoms with Gasteiger partial charge in [0.15, 0.2) is 0 Å². The fourth-order valence-corrected chi connectivity index (χ4v) is 3.72. The summed E-state index contributed by atoms with van der Waals surface area (Å²) in [6.45, 7) is -0.704. The van der Waals surface area contributed by atoms with E-state index in [1.165, 1.54) is 41.4 Å². The molecule has 1 unspecified atom stereocenters. The second-order valence-electron chi connectivity index (χ2n) is 7.61. The van der Waals surface area contributed by atoms with E-state index in [9.17, 15) is 13.6 Å². The molecule has 6 nitrogen and oxygen atoms in total. The summed E-state index contributed by atoms with van der Waals surface area (Å²) < 4.78 is 30.3. The van der Waals surface area contributed by atoms with Crippen LogP contribution in [0.2, 0.25) is 0 Å². The Bertz CT molecular complexity index is 997. The first-order valence-electron chi connectivity index (χ1n) is 10.3. The third kappa shape index (κ3) is 5.67. The molecule has 1 aliphatic rings. The minimum Gasteiger partial charge on any atom is -0.435 e. The predicted molar refractivity (Wildman–Crippen MR) is 114 cm³/mol. The average Bonchev–Trinajstić information content (AvgIpc) is 3.26. The number of nitrogens with one attached hydrogen (secondary N) is 2. The van der Waals surface area contributed by atoms with E-state index in [2.05, 4.69) is 32.6 Å². The number of carbonyl (C=O) groups is 1. The highest BCUT2D eigenvalue weighted by Gasteiger charge is 2.14. The van der Waals surface area contributed by atoms with Gasteiger partial charge in [-0.1, -0.05) is 12.1 Å². The first-order chi connectivity index (χ1) is 15.1. The number of alkyl halides is 2. The molecule has 162 valence electrons. The Morgan fingerprint density at radius 3 is 2.65 bits per heavy atom. The van der Waals surface area contributed by atoms with Crippen molar-refractivity contribution in [1.29, 1.82) is 0 Å². The number of hydrogen-bond donors (Lipinski definition) is 2. The lowest BCUT2D eigenvalue weighted by Gasteiger charge is -2.22. The third-order valence-electron chi connectivity index (χ3n) is 5.31. The summed E-state index contributed by atoms with van der Waals surface area (Å²) >= 11 is 0. The average molecular weight is 426 g/mol. The molecule has 1 saturated heterocycles. The first kappa shape index (κ1) is 21.0. The van der Waals surface area contributed by atoms with Gasteiger partial charge in [0.05, 0.1) is 17.4 Å². The Labute approximate surface area is 179 Å². The molecule has 3 aromatic rings. The molecular formula is C23H24F2N4O2. The van der Waals surface area contributed by atoms with E-state index in [0.29, 0.717) is 17.2 Å². The second-order valence-corrected chi connectivity index (χ2v) is 7.61.